The second-order valence-electron chi connectivity index (χ2n) is 2.98. The van der Waals surface area contributed by atoms with Gasteiger partial charge in [-0.15, -0.1) is 0 Å². The highest BCUT2D eigenvalue weighted by atomic mass is 32.2. The molecule has 0 amide bonds. The van der Waals surface area contributed by atoms with Crippen molar-refractivity contribution in [1.82, 2.24) is 5.32 Å². The smallest absolute Gasteiger partial charge is 0.0900 e. The summed E-state index contributed by atoms with van der Waals surface area (Å²) in [6.07, 6.45) is 8.00. The summed E-state index contributed by atoms with van der Waals surface area (Å²) < 4.78 is 5.12. The maximum atomic E-state index is 5.12. The number of nitrogens with one attached hydrogen (secondary N) is 1. The average molecular weight is 183 g/mol. The molecule has 2 nitrogen and oxygen atoms in total. The Balaban J connectivity index is 1.61. The number of dihydropyridines is 1. The monoisotopic (exact) mass is 183 g/mol. The third-order valence-electron chi connectivity index (χ3n) is 1.85. The topological polar surface area (TPSA) is 24.6 Å². The van der Waals surface area contributed by atoms with Crippen molar-refractivity contribution < 1.29 is 4.74 Å². The quantitative estimate of drug-likeness (QED) is 0.669. The lowest BCUT2D eigenvalue weighted by Gasteiger charge is -2.09. The van der Waals surface area contributed by atoms with Gasteiger partial charge in [0.1, 0.15) is 0 Å². The highest BCUT2D eigenvalue weighted by Crippen LogP contribution is 2.17. The number of thioether (sulfide) groups is 1. The minimum atomic E-state index is 0.551. The summed E-state index contributed by atoms with van der Waals surface area (Å²) in [6.45, 7) is 0.972. The number of ether oxygens (including phenoxy) is 1. The minimum Gasteiger partial charge on any atom is -0.372 e. The van der Waals surface area contributed by atoms with E-state index in [1.54, 1.807) is 0 Å². The van der Waals surface area contributed by atoms with Crippen LogP contribution in [0.2, 0.25) is 0 Å². The summed E-state index contributed by atoms with van der Waals surface area (Å²) in [5.41, 5.74) is 1.34. The summed E-state index contributed by atoms with van der Waals surface area (Å²) in [5, 5.41) is 3.23. The van der Waals surface area contributed by atoms with E-state index in [4.69, 9.17) is 4.74 Å². The van der Waals surface area contributed by atoms with Crippen molar-refractivity contribution in [3.05, 3.63) is 24.0 Å². The first-order valence-corrected chi connectivity index (χ1v) is 5.40. The van der Waals surface area contributed by atoms with Crippen LogP contribution in [0.4, 0.5) is 0 Å². The van der Waals surface area contributed by atoms with Crippen LogP contribution in [-0.2, 0) is 4.74 Å². The molecule has 0 aromatic carbocycles. The molecule has 3 heteroatoms. The lowest BCUT2D eigenvalue weighted by molar-refractivity contribution is 0.426. The third kappa shape index (κ3) is 2.57. The molecule has 1 fully saturated rings. The molecule has 2 aliphatic rings. The van der Waals surface area contributed by atoms with Crippen molar-refractivity contribution in [3.63, 3.8) is 0 Å². The molecule has 0 bridgehead atoms. The van der Waals surface area contributed by atoms with Crippen molar-refractivity contribution in [3.8, 4) is 0 Å². The van der Waals surface area contributed by atoms with Gasteiger partial charge in [0, 0.05) is 17.2 Å². The van der Waals surface area contributed by atoms with E-state index in [-0.39, 0.29) is 0 Å². The SMILES string of the molecule is C1=CNC(CSCC2CO2)=CC1. The van der Waals surface area contributed by atoms with Crippen LogP contribution in [0.15, 0.2) is 24.0 Å². The standard InChI is InChI=1S/C9H13NOS/c1-2-4-10-8(3-1)6-12-7-9-5-11-9/h2-4,9-10H,1,5-7H2. The van der Waals surface area contributed by atoms with Crippen LogP contribution in [0, 0.1) is 0 Å². The van der Waals surface area contributed by atoms with Gasteiger partial charge in [0.25, 0.3) is 0 Å². The van der Waals surface area contributed by atoms with Gasteiger partial charge in [0.2, 0.25) is 0 Å². The van der Waals surface area contributed by atoms with Gasteiger partial charge < -0.3 is 10.1 Å². The molecule has 1 saturated heterocycles. The van der Waals surface area contributed by atoms with E-state index in [0.717, 1.165) is 24.5 Å². The molecule has 1 atom stereocenters. The summed E-state index contributed by atoms with van der Waals surface area (Å²) in [6, 6.07) is 0. The molecule has 1 N–H and O–H groups in total. The van der Waals surface area contributed by atoms with E-state index >= 15 is 0 Å². The molecule has 0 aliphatic carbocycles. The lowest BCUT2D eigenvalue weighted by atomic mass is 10.3. The van der Waals surface area contributed by atoms with Crippen LogP contribution in [0.3, 0.4) is 0 Å². The van der Waals surface area contributed by atoms with Crippen molar-refractivity contribution >= 4 is 11.8 Å². The molecule has 2 aliphatic heterocycles. The Labute approximate surface area is 77.1 Å². The van der Waals surface area contributed by atoms with E-state index in [9.17, 15) is 0 Å². The fourth-order valence-corrected chi connectivity index (χ4v) is 2.06. The predicted octanol–water partition coefficient (Wildman–Crippen LogP) is 1.51. The fourth-order valence-electron chi connectivity index (χ4n) is 1.07. The van der Waals surface area contributed by atoms with Crippen LogP contribution in [-0.4, -0.2) is 24.2 Å². The molecule has 0 saturated carbocycles. The van der Waals surface area contributed by atoms with Gasteiger partial charge >= 0.3 is 0 Å². The number of hydrogen-bond acceptors (Lipinski definition) is 3. The fraction of sp³-hybridized carbons (Fsp3) is 0.556. The molecule has 2 rings (SSSR count). The summed E-state index contributed by atoms with van der Waals surface area (Å²) in [5.74, 6) is 2.23. The first-order valence-electron chi connectivity index (χ1n) is 4.25. The van der Waals surface area contributed by atoms with Crippen LogP contribution in [0.1, 0.15) is 6.42 Å². The molecule has 2 heterocycles. The van der Waals surface area contributed by atoms with E-state index in [1.807, 2.05) is 18.0 Å². The van der Waals surface area contributed by atoms with Crippen molar-refractivity contribution in [1.29, 1.82) is 0 Å². The van der Waals surface area contributed by atoms with Gasteiger partial charge in [0.15, 0.2) is 0 Å². The Morgan fingerprint density at radius 3 is 3.25 bits per heavy atom. The van der Waals surface area contributed by atoms with Crippen LogP contribution in [0.25, 0.3) is 0 Å². The van der Waals surface area contributed by atoms with E-state index < -0.39 is 0 Å². The van der Waals surface area contributed by atoms with Crippen LogP contribution < -0.4 is 5.32 Å². The summed E-state index contributed by atoms with van der Waals surface area (Å²) >= 11 is 1.94. The Hall–Kier alpha value is -0.410. The number of epoxide rings is 1. The minimum absolute atomic E-state index is 0.551. The highest BCUT2D eigenvalue weighted by molar-refractivity contribution is 7.99. The van der Waals surface area contributed by atoms with Crippen LogP contribution >= 0.6 is 11.8 Å². The zero-order valence-electron chi connectivity index (χ0n) is 6.95. The van der Waals surface area contributed by atoms with Gasteiger partial charge in [-0.1, -0.05) is 12.2 Å². The molecular formula is C9H13NOS. The number of rotatable bonds is 4. The van der Waals surface area contributed by atoms with Gasteiger partial charge in [-0.3, -0.25) is 0 Å². The van der Waals surface area contributed by atoms with E-state index in [1.165, 1.54) is 5.70 Å². The second-order valence-corrected chi connectivity index (χ2v) is 4.01. The summed E-state index contributed by atoms with van der Waals surface area (Å²) in [7, 11) is 0. The molecule has 66 valence electrons. The first-order chi connectivity index (χ1) is 5.95. The average Bonchev–Trinajstić information content (AvgIpc) is 2.90. The Bertz CT molecular complexity index is 209. The molecular weight excluding hydrogens is 170 g/mol. The highest BCUT2D eigenvalue weighted by Gasteiger charge is 2.21. The van der Waals surface area contributed by atoms with Gasteiger partial charge in [-0.25, -0.2) is 0 Å². The van der Waals surface area contributed by atoms with Crippen molar-refractivity contribution in [2.24, 2.45) is 0 Å². The summed E-state index contributed by atoms with van der Waals surface area (Å²) in [4.78, 5) is 0. The van der Waals surface area contributed by atoms with Gasteiger partial charge in [-0.05, 0) is 12.6 Å². The first kappa shape index (κ1) is 8.20. The van der Waals surface area contributed by atoms with Crippen molar-refractivity contribution in [2.45, 2.75) is 12.5 Å². The molecule has 1 unspecified atom stereocenters. The number of hydrogen-bond donors (Lipinski definition) is 1. The molecule has 0 spiro atoms. The zero-order valence-corrected chi connectivity index (χ0v) is 7.77. The Morgan fingerprint density at radius 1 is 1.67 bits per heavy atom. The van der Waals surface area contributed by atoms with Crippen LogP contribution in [0.5, 0.6) is 0 Å². The molecule has 0 aromatic heterocycles. The van der Waals surface area contributed by atoms with E-state index in [0.29, 0.717) is 6.10 Å². The van der Waals surface area contributed by atoms with Gasteiger partial charge in [0.05, 0.1) is 12.7 Å². The van der Waals surface area contributed by atoms with Gasteiger partial charge in [-0.2, -0.15) is 11.8 Å². The second kappa shape index (κ2) is 4.01. The van der Waals surface area contributed by atoms with E-state index in [2.05, 4.69) is 17.5 Å². The normalized spacial score (nSPS) is 26.3. The largest absolute Gasteiger partial charge is 0.372 e. The lowest BCUT2D eigenvalue weighted by Crippen LogP contribution is -2.10. The Kier molecular flexibility index (Phi) is 2.74. The zero-order chi connectivity index (χ0) is 8.23. The Morgan fingerprint density at radius 2 is 2.58 bits per heavy atom. The maximum absolute atomic E-state index is 5.12. The van der Waals surface area contributed by atoms with Crippen molar-refractivity contribution in [2.75, 3.05) is 18.1 Å². The maximum Gasteiger partial charge on any atom is 0.0900 e. The predicted molar refractivity (Wildman–Crippen MR) is 52.0 cm³/mol. The molecule has 0 radical (unpaired) electrons. The third-order valence-corrected chi connectivity index (χ3v) is 2.97. The molecule has 12 heavy (non-hydrogen) atoms. The molecule has 0 aromatic rings. The number of allylic oxidation sites excluding steroid dienone is 2.